The van der Waals surface area contributed by atoms with Crippen LogP contribution in [0.1, 0.15) is 43.5 Å². The summed E-state index contributed by atoms with van der Waals surface area (Å²) in [5.41, 5.74) is 0. The molecule has 30 heavy (non-hydrogen) atoms. The van der Waals surface area contributed by atoms with E-state index in [2.05, 4.69) is 62.4 Å². The van der Waals surface area contributed by atoms with E-state index in [-0.39, 0.29) is 24.0 Å². The van der Waals surface area contributed by atoms with Gasteiger partial charge in [-0.2, -0.15) is 0 Å². The number of likely N-dealkylation sites (tertiary alicyclic amines) is 1. The van der Waals surface area contributed by atoms with E-state index < -0.39 is 0 Å². The third-order valence-electron chi connectivity index (χ3n) is 5.87. The Morgan fingerprint density at radius 3 is 2.47 bits per heavy atom. The maximum atomic E-state index is 5.03. The van der Waals surface area contributed by atoms with Gasteiger partial charge in [0.15, 0.2) is 5.96 Å². The van der Waals surface area contributed by atoms with Gasteiger partial charge in [0.2, 0.25) is 0 Å². The Hall–Kier alpha value is -0.840. The van der Waals surface area contributed by atoms with Gasteiger partial charge in [-0.05, 0) is 74.7 Å². The van der Waals surface area contributed by atoms with Crippen molar-refractivity contribution >= 4 is 57.6 Å². The summed E-state index contributed by atoms with van der Waals surface area (Å²) in [7, 11) is 0. The van der Waals surface area contributed by atoms with Crippen LogP contribution in [-0.2, 0) is 0 Å². The minimum Gasteiger partial charge on any atom is -0.363 e. The molecular formula is C22H34IN5S2. The fourth-order valence-corrected chi connectivity index (χ4v) is 5.94. The van der Waals surface area contributed by atoms with Crippen molar-refractivity contribution in [1.82, 2.24) is 15.5 Å². The first-order chi connectivity index (χ1) is 14.3. The summed E-state index contributed by atoms with van der Waals surface area (Å²) >= 11 is 3.70. The molecule has 2 aromatic heterocycles. The third kappa shape index (κ3) is 6.34. The second-order valence-corrected chi connectivity index (χ2v) is 9.76. The summed E-state index contributed by atoms with van der Waals surface area (Å²) in [6.07, 6.45) is 4.94. The van der Waals surface area contributed by atoms with Crippen LogP contribution in [0, 0.1) is 0 Å². The largest absolute Gasteiger partial charge is 0.363 e. The van der Waals surface area contributed by atoms with Gasteiger partial charge < -0.3 is 15.5 Å². The summed E-state index contributed by atoms with van der Waals surface area (Å²) in [6, 6.07) is 9.71. The number of hydrogen-bond donors (Lipinski definition) is 2. The van der Waals surface area contributed by atoms with Crippen molar-refractivity contribution in [3.05, 3.63) is 39.9 Å². The Kier molecular flexibility index (Phi) is 9.73. The highest BCUT2D eigenvalue weighted by molar-refractivity contribution is 14.0. The molecule has 0 bridgehead atoms. The Morgan fingerprint density at radius 1 is 1.10 bits per heavy atom. The predicted molar refractivity (Wildman–Crippen MR) is 142 cm³/mol. The third-order valence-corrected chi connectivity index (χ3v) is 7.78. The molecule has 166 valence electrons. The average Bonchev–Trinajstić information content (AvgIpc) is 3.52. The van der Waals surface area contributed by atoms with Gasteiger partial charge in [-0.25, -0.2) is 0 Å². The van der Waals surface area contributed by atoms with Gasteiger partial charge in [-0.3, -0.25) is 9.89 Å². The monoisotopic (exact) mass is 559 g/mol. The predicted octanol–water partition coefficient (Wildman–Crippen LogP) is 4.79. The Balaban J connectivity index is 0.00000256. The van der Waals surface area contributed by atoms with Gasteiger partial charge in [-0.15, -0.1) is 46.7 Å². The first-order valence-electron chi connectivity index (χ1n) is 10.9. The summed E-state index contributed by atoms with van der Waals surface area (Å²) < 4.78 is 0. The lowest BCUT2D eigenvalue weighted by Crippen LogP contribution is -2.49. The molecule has 4 rings (SSSR count). The summed E-state index contributed by atoms with van der Waals surface area (Å²) in [6.45, 7) is 8.49. The average molecular weight is 560 g/mol. The molecule has 0 aliphatic carbocycles. The van der Waals surface area contributed by atoms with Crippen molar-refractivity contribution < 1.29 is 0 Å². The van der Waals surface area contributed by atoms with Crippen LogP contribution in [0.25, 0.3) is 0 Å². The van der Waals surface area contributed by atoms with Crippen LogP contribution in [0.3, 0.4) is 0 Å². The van der Waals surface area contributed by atoms with Gasteiger partial charge >= 0.3 is 0 Å². The zero-order valence-corrected chi connectivity index (χ0v) is 21.7. The number of rotatable bonds is 7. The second-order valence-electron chi connectivity index (χ2n) is 7.85. The number of piperidine rings is 1. The van der Waals surface area contributed by atoms with E-state index in [4.69, 9.17) is 4.99 Å². The van der Waals surface area contributed by atoms with Crippen LogP contribution in [0.15, 0.2) is 40.0 Å². The molecule has 2 N–H and O–H groups in total. The molecule has 1 atom stereocenters. The van der Waals surface area contributed by atoms with Gasteiger partial charge in [0, 0.05) is 30.6 Å². The van der Waals surface area contributed by atoms with Crippen LogP contribution in [0.5, 0.6) is 0 Å². The molecule has 2 aliphatic rings. The molecular weight excluding hydrogens is 525 g/mol. The maximum absolute atomic E-state index is 5.03. The minimum atomic E-state index is 0. The Morgan fingerprint density at radius 2 is 1.83 bits per heavy atom. The van der Waals surface area contributed by atoms with Crippen LogP contribution in [0.4, 0.5) is 5.00 Å². The molecule has 2 saturated heterocycles. The molecule has 4 heterocycles. The topological polar surface area (TPSA) is 42.9 Å². The highest BCUT2D eigenvalue weighted by Crippen LogP contribution is 2.29. The highest BCUT2D eigenvalue weighted by Gasteiger charge is 2.25. The first-order valence-corrected chi connectivity index (χ1v) is 12.7. The number of hydrogen-bond acceptors (Lipinski definition) is 5. The van der Waals surface area contributed by atoms with Crippen molar-refractivity contribution in [3.63, 3.8) is 0 Å². The Bertz CT molecular complexity index is 736. The molecule has 2 fully saturated rings. The van der Waals surface area contributed by atoms with Crippen molar-refractivity contribution in [1.29, 1.82) is 0 Å². The van der Waals surface area contributed by atoms with Crippen LogP contribution in [-0.4, -0.2) is 56.2 Å². The molecule has 0 amide bonds. The smallest absolute Gasteiger partial charge is 0.191 e. The molecule has 0 radical (unpaired) electrons. The lowest BCUT2D eigenvalue weighted by molar-refractivity contribution is 0.255. The maximum Gasteiger partial charge on any atom is 0.191 e. The number of anilines is 1. The van der Waals surface area contributed by atoms with E-state index in [1.54, 1.807) is 0 Å². The molecule has 0 saturated carbocycles. The fourth-order valence-electron chi connectivity index (χ4n) is 4.30. The van der Waals surface area contributed by atoms with Gasteiger partial charge in [0.25, 0.3) is 0 Å². The minimum absolute atomic E-state index is 0. The molecule has 0 aromatic carbocycles. The van der Waals surface area contributed by atoms with E-state index >= 15 is 0 Å². The Labute approximate surface area is 206 Å². The lowest BCUT2D eigenvalue weighted by atomic mass is 10.1. The highest BCUT2D eigenvalue weighted by atomic mass is 127. The molecule has 5 nitrogen and oxygen atoms in total. The number of guanidine groups is 1. The normalized spacial score (nSPS) is 19.5. The molecule has 0 spiro atoms. The van der Waals surface area contributed by atoms with Gasteiger partial charge in [0.1, 0.15) is 0 Å². The summed E-state index contributed by atoms with van der Waals surface area (Å²) in [5, 5.41) is 12.9. The quantitative estimate of drug-likeness (QED) is 0.291. The van der Waals surface area contributed by atoms with Crippen molar-refractivity contribution in [3.8, 4) is 0 Å². The number of nitrogens with zero attached hydrogens (tertiary/aromatic N) is 3. The van der Waals surface area contributed by atoms with Gasteiger partial charge in [-0.1, -0.05) is 6.07 Å². The summed E-state index contributed by atoms with van der Waals surface area (Å²) in [5.74, 6) is 0.975. The molecule has 2 aromatic rings. The number of halogens is 1. The number of thiophene rings is 2. The lowest BCUT2D eigenvalue weighted by Gasteiger charge is -2.33. The number of nitrogens with one attached hydrogen (secondary N) is 2. The standard InChI is InChI=1S/C22H33N5S2.HI/c1-2-23-22(25-18-9-13-27(14-10-18)21-8-6-16-29-21)24-17-19(20-7-5-15-28-20)26-11-3-4-12-26;/h5-8,15-16,18-19H,2-4,9-14,17H2,1H3,(H2,23,24,25);1H. The molecule has 2 aliphatic heterocycles. The number of aliphatic imine (C=N–C) groups is 1. The van der Waals surface area contributed by atoms with Crippen LogP contribution >= 0.6 is 46.7 Å². The van der Waals surface area contributed by atoms with E-state index in [0.717, 1.165) is 45.0 Å². The van der Waals surface area contributed by atoms with E-state index in [0.29, 0.717) is 12.1 Å². The van der Waals surface area contributed by atoms with Crippen molar-refractivity contribution in [2.24, 2.45) is 4.99 Å². The second kappa shape index (κ2) is 12.3. The zero-order chi connectivity index (χ0) is 19.9. The summed E-state index contributed by atoms with van der Waals surface area (Å²) in [4.78, 5) is 11.6. The van der Waals surface area contributed by atoms with E-state index in [9.17, 15) is 0 Å². The first kappa shape index (κ1) is 23.8. The van der Waals surface area contributed by atoms with Crippen molar-refractivity contribution in [2.45, 2.75) is 44.7 Å². The fraction of sp³-hybridized carbons (Fsp3) is 0.591. The van der Waals surface area contributed by atoms with Gasteiger partial charge in [0.05, 0.1) is 17.6 Å². The zero-order valence-electron chi connectivity index (χ0n) is 17.8. The molecule has 1 unspecified atom stereocenters. The van der Waals surface area contributed by atoms with Crippen LogP contribution < -0.4 is 15.5 Å². The van der Waals surface area contributed by atoms with E-state index in [1.807, 2.05) is 22.7 Å². The van der Waals surface area contributed by atoms with Crippen molar-refractivity contribution in [2.75, 3.05) is 44.2 Å². The molecule has 8 heteroatoms. The SMILES string of the molecule is CCNC(=NCC(c1cccs1)N1CCCC1)NC1CCN(c2cccs2)CC1.I. The van der Waals surface area contributed by atoms with Crippen LogP contribution in [0.2, 0.25) is 0 Å². The van der Waals surface area contributed by atoms with E-state index in [1.165, 1.54) is 35.8 Å².